The molecule has 4 rings (SSSR count). The first-order chi connectivity index (χ1) is 12.7. The lowest BCUT2D eigenvalue weighted by Gasteiger charge is -2.45. The summed E-state index contributed by atoms with van der Waals surface area (Å²) >= 11 is 0. The Kier molecular flexibility index (Phi) is 4.84. The summed E-state index contributed by atoms with van der Waals surface area (Å²) in [5.74, 6) is 1.38. The van der Waals surface area contributed by atoms with Crippen LogP contribution in [0.15, 0.2) is 47.1 Å². The van der Waals surface area contributed by atoms with E-state index in [1.807, 2.05) is 0 Å². The number of para-hydroxylation sites is 2. The van der Waals surface area contributed by atoms with Gasteiger partial charge in [-0.1, -0.05) is 12.1 Å². The van der Waals surface area contributed by atoms with Gasteiger partial charge < -0.3 is 38.3 Å². The van der Waals surface area contributed by atoms with Gasteiger partial charge in [-0.2, -0.15) is 0 Å². The average molecular weight is 364 g/mol. The Bertz CT molecular complexity index is 716. The highest BCUT2D eigenvalue weighted by atomic mass is 16.8. The van der Waals surface area contributed by atoms with E-state index >= 15 is 0 Å². The molecule has 140 valence electrons. The first-order valence-corrected chi connectivity index (χ1v) is 8.29. The van der Waals surface area contributed by atoms with Crippen LogP contribution in [0.3, 0.4) is 0 Å². The zero-order chi connectivity index (χ0) is 18.1. The van der Waals surface area contributed by atoms with Crippen LogP contribution in [0.25, 0.3) is 0 Å². The van der Waals surface area contributed by atoms with Crippen molar-refractivity contribution in [3.63, 3.8) is 0 Å². The Labute approximate surface area is 149 Å². The highest BCUT2D eigenvalue weighted by Gasteiger charge is 2.50. The topological polar surface area (TPSA) is 99.8 Å². The molecule has 2 aromatic rings. The molecule has 0 amide bonds. The Morgan fingerprint density at radius 3 is 2.54 bits per heavy atom. The molecule has 8 nitrogen and oxygen atoms in total. The van der Waals surface area contributed by atoms with E-state index in [2.05, 4.69) is 0 Å². The number of hydrogen-bond acceptors (Lipinski definition) is 8. The summed E-state index contributed by atoms with van der Waals surface area (Å²) in [5, 5.41) is 20.9. The van der Waals surface area contributed by atoms with Crippen molar-refractivity contribution in [1.29, 1.82) is 0 Å². The Morgan fingerprint density at radius 2 is 1.81 bits per heavy atom. The highest BCUT2D eigenvalue weighted by Crippen LogP contribution is 2.36. The van der Waals surface area contributed by atoms with Gasteiger partial charge in [0.2, 0.25) is 12.6 Å². The normalized spacial score (nSPS) is 34.1. The second-order valence-electron chi connectivity index (χ2n) is 6.07. The molecule has 2 N–H and O–H groups in total. The van der Waals surface area contributed by atoms with Gasteiger partial charge in [0.15, 0.2) is 17.3 Å². The fourth-order valence-electron chi connectivity index (χ4n) is 3.09. The maximum absolute atomic E-state index is 10.5. The smallest absolute Gasteiger partial charge is 0.229 e. The molecule has 26 heavy (non-hydrogen) atoms. The Hall–Kier alpha value is -2.10. The van der Waals surface area contributed by atoms with E-state index in [0.717, 1.165) is 0 Å². The third-order valence-corrected chi connectivity index (χ3v) is 4.42. The minimum absolute atomic E-state index is 0.158. The molecule has 2 aliphatic heterocycles. The summed E-state index contributed by atoms with van der Waals surface area (Å²) in [4.78, 5) is 0. The molecule has 2 saturated heterocycles. The van der Waals surface area contributed by atoms with E-state index in [-0.39, 0.29) is 6.61 Å². The van der Waals surface area contributed by atoms with Gasteiger partial charge in [0, 0.05) is 0 Å². The van der Waals surface area contributed by atoms with Gasteiger partial charge in [-0.3, -0.25) is 0 Å². The third kappa shape index (κ3) is 3.17. The van der Waals surface area contributed by atoms with E-state index in [4.69, 9.17) is 28.1 Å². The fourth-order valence-corrected chi connectivity index (χ4v) is 3.09. The lowest BCUT2D eigenvalue weighted by molar-refractivity contribution is -0.352. The summed E-state index contributed by atoms with van der Waals surface area (Å²) in [7, 11) is 1.52. The molecule has 0 bridgehead atoms. The zero-order valence-corrected chi connectivity index (χ0v) is 14.1. The number of ether oxygens (including phenoxy) is 5. The largest absolute Gasteiger partial charge is 0.493 e. The van der Waals surface area contributed by atoms with Gasteiger partial charge in [0.05, 0.1) is 20.0 Å². The van der Waals surface area contributed by atoms with E-state index in [0.29, 0.717) is 17.3 Å². The van der Waals surface area contributed by atoms with E-state index in [9.17, 15) is 10.2 Å². The van der Waals surface area contributed by atoms with Crippen molar-refractivity contribution >= 4 is 0 Å². The van der Waals surface area contributed by atoms with Gasteiger partial charge in [-0.15, -0.1) is 0 Å². The number of methoxy groups -OCH3 is 1. The fraction of sp³-hybridized carbons (Fsp3) is 0.444. The summed E-state index contributed by atoms with van der Waals surface area (Å²) in [6.45, 7) is 0.158. The van der Waals surface area contributed by atoms with Crippen LogP contribution in [-0.4, -0.2) is 54.6 Å². The summed E-state index contributed by atoms with van der Waals surface area (Å²) in [6, 6.07) is 10.4. The predicted molar refractivity (Wildman–Crippen MR) is 86.6 cm³/mol. The number of aliphatic hydroxyl groups is 2. The van der Waals surface area contributed by atoms with Crippen LogP contribution >= 0.6 is 0 Å². The van der Waals surface area contributed by atoms with Crippen molar-refractivity contribution < 1.29 is 38.3 Å². The molecule has 2 fully saturated rings. The van der Waals surface area contributed by atoms with E-state index in [1.54, 1.807) is 36.4 Å². The Balaban J connectivity index is 1.47. The van der Waals surface area contributed by atoms with Gasteiger partial charge in [0.25, 0.3) is 0 Å². The monoisotopic (exact) mass is 364 g/mol. The van der Waals surface area contributed by atoms with Gasteiger partial charge in [0.1, 0.15) is 24.4 Å². The second-order valence-corrected chi connectivity index (χ2v) is 6.07. The third-order valence-electron chi connectivity index (χ3n) is 4.42. The molecule has 0 radical (unpaired) electrons. The maximum Gasteiger partial charge on any atom is 0.229 e. The molecule has 0 saturated carbocycles. The Morgan fingerprint density at radius 1 is 1.00 bits per heavy atom. The standard InChI is InChI=1S/C18H20O8/c1-21-10-5-2-3-6-11(10)24-18-15(20)14(19)16-13(25-18)9-23-17(26-16)12-7-4-8-22-12/h2-8,13-20H,9H2,1H3. The minimum atomic E-state index is -1.31. The van der Waals surface area contributed by atoms with Gasteiger partial charge in [-0.05, 0) is 24.3 Å². The second kappa shape index (κ2) is 7.26. The molecule has 1 aromatic carbocycles. The van der Waals surface area contributed by atoms with Crippen LogP contribution in [0.2, 0.25) is 0 Å². The van der Waals surface area contributed by atoms with Crippen LogP contribution < -0.4 is 9.47 Å². The lowest BCUT2D eigenvalue weighted by Crippen LogP contribution is -2.62. The molecule has 6 atom stereocenters. The number of furan rings is 1. The van der Waals surface area contributed by atoms with Crippen LogP contribution in [0, 0.1) is 0 Å². The molecule has 0 aliphatic carbocycles. The number of fused-ring (bicyclic) bond motifs is 1. The first-order valence-electron chi connectivity index (χ1n) is 8.29. The molecule has 1 aromatic heterocycles. The summed E-state index contributed by atoms with van der Waals surface area (Å²) in [5.41, 5.74) is 0. The predicted octanol–water partition coefficient (Wildman–Crippen LogP) is 1.23. The molecular weight excluding hydrogens is 344 g/mol. The summed E-state index contributed by atoms with van der Waals surface area (Å²) in [6.07, 6.45) is -4.23. The summed E-state index contributed by atoms with van der Waals surface area (Å²) < 4.78 is 33.3. The van der Waals surface area contributed by atoms with E-state index in [1.165, 1.54) is 13.4 Å². The lowest BCUT2D eigenvalue weighted by atomic mass is 9.98. The SMILES string of the molecule is COc1ccccc1OC1OC2COC(c3ccco3)OC2C(O)C1O. The first kappa shape index (κ1) is 17.3. The number of hydrogen-bond donors (Lipinski definition) is 2. The van der Waals surface area contributed by atoms with Crippen LogP contribution in [-0.2, 0) is 14.2 Å². The average Bonchev–Trinajstić information content (AvgIpc) is 3.21. The molecule has 2 aliphatic rings. The van der Waals surface area contributed by atoms with Crippen molar-refractivity contribution in [3.05, 3.63) is 48.4 Å². The minimum Gasteiger partial charge on any atom is -0.493 e. The van der Waals surface area contributed by atoms with Crippen molar-refractivity contribution in [3.8, 4) is 11.5 Å². The highest BCUT2D eigenvalue weighted by molar-refractivity contribution is 5.39. The van der Waals surface area contributed by atoms with Crippen molar-refractivity contribution in [2.45, 2.75) is 37.0 Å². The van der Waals surface area contributed by atoms with Crippen molar-refractivity contribution in [2.75, 3.05) is 13.7 Å². The van der Waals surface area contributed by atoms with Crippen LogP contribution in [0.1, 0.15) is 12.1 Å². The van der Waals surface area contributed by atoms with Crippen LogP contribution in [0.5, 0.6) is 11.5 Å². The molecule has 6 unspecified atom stereocenters. The van der Waals surface area contributed by atoms with E-state index < -0.39 is 37.0 Å². The van der Waals surface area contributed by atoms with Crippen molar-refractivity contribution in [2.24, 2.45) is 0 Å². The number of benzene rings is 1. The zero-order valence-electron chi connectivity index (χ0n) is 14.1. The maximum atomic E-state index is 10.5. The van der Waals surface area contributed by atoms with Gasteiger partial charge in [-0.25, -0.2) is 0 Å². The van der Waals surface area contributed by atoms with Crippen molar-refractivity contribution in [1.82, 2.24) is 0 Å². The van der Waals surface area contributed by atoms with Gasteiger partial charge >= 0.3 is 0 Å². The molecule has 3 heterocycles. The molecule has 0 spiro atoms. The molecule has 8 heteroatoms. The number of aliphatic hydroxyl groups excluding tert-OH is 2. The molecular formula is C18H20O8. The van der Waals surface area contributed by atoms with Crippen LogP contribution in [0.4, 0.5) is 0 Å². The number of rotatable bonds is 4. The quantitative estimate of drug-likeness (QED) is 0.836.